The van der Waals surface area contributed by atoms with Crippen molar-refractivity contribution in [2.24, 2.45) is 10.2 Å². The molecule has 0 fully saturated rings. The summed E-state index contributed by atoms with van der Waals surface area (Å²) in [5, 5.41) is 8.87. The molecule has 0 heterocycles. The van der Waals surface area contributed by atoms with Crippen molar-refractivity contribution < 1.29 is 0 Å². The first kappa shape index (κ1) is 35.1. The summed E-state index contributed by atoms with van der Waals surface area (Å²) in [6, 6.07) is 73.8. The van der Waals surface area contributed by atoms with Crippen molar-refractivity contribution in [2.75, 3.05) is 9.80 Å². The average Bonchev–Trinajstić information content (AvgIpc) is 3.27. The quantitative estimate of drug-likeness (QED) is 0.116. The fourth-order valence-corrected chi connectivity index (χ4v) is 6.22. The Bertz CT molecular complexity index is 2370. The van der Waals surface area contributed by atoms with E-state index in [-0.39, 0.29) is 0 Å². The molecule has 0 saturated carbocycles. The predicted octanol–water partition coefficient (Wildman–Crippen LogP) is 13.8. The molecular weight excluding hydrogens is 681 g/mol. The van der Waals surface area contributed by atoms with Gasteiger partial charge in [0.15, 0.2) is 0 Å². The molecule has 0 saturated heterocycles. The Kier molecular flexibility index (Phi) is 10.8. The van der Waals surface area contributed by atoms with Gasteiger partial charge in [-0.1, -0.05) is 96.5 Å². The number of rotatable bonds is 8. The van der Waals surface area contributed by atoms with Crippen molar-refractivity contribution in [1.29, 1.82) is 0 Å². The van der Waals surface area contributed by atoms with Gasteiger partial charge in [0.1, 0.15) is 0 Å². The molecule has 0 atom stereocenters. The van der Waals surface area contributed by atoms with E-state index in [1.807, 2.05) is 72.8 Å². The molecule has 0 aromatic heterocycles. The Morgan fingerprint density at radius 2 is 0.446 bits per heavy atom. The number of para-hydroxylation sites is 4. The Balaban J connectivity index is 0.884. The van der Waals surface area contributed by atoms with Crippen molar-refractivity contribution in [1.82, 2.24) is 0 Å². The van der Waals surface area contributed by atoms with E-state index in [0.29, 0.717) is 0 Å². The maximum absolute atomic E-state index is 4.43. The summed E-state index contributed by atoms with van der Waals surface area (Å²) in [5.74, 6) is 13.1. The molecule has 0 aliphatic carbocycles. The van der Waals surface area contributed by atoms with Crippen LogP contribution in [0.3, 0.4) is 0 Å². The van der Waals surface area contributed by atoms with E-state index in [1.54, 1.807) is 0 Å². The molecule has 8 aromatic carbocycles. The third-order valence-corrected chi connectivity index (χ3v) is 9.03. The van der Waals surface area contributed by atoms with Crippen molar-refractivity contribution in [3.05, 3.63) is 241 Å². The maximum Gasteiger partial charge on any atom is 0.0857 e. The van der Waals surface area contributed by atoms with Gasteiger partial charge in [-0.3, -0.25) is 0 Å². The van der Waals surface area contributed by atoms with Crippen LogP contribution in [0.15, 0.2) is 229 Å². The van der Waals surface area contributed by atoms with Crippen LogP contribution >= 0.6 is 0 Å². The zero-order valence-corrected chi connectivity index (χ0v) is 30.6. The molecule has 0 unspecified atom stereocenters. The molecule has 8 aromatic rings. The fourth-order valence-electron chi connectivity index (χ4n) is 6.22. The number of benzene rings is 8. The van der Waals surface area contributed by atoms with Crippen LogP contribution < -0.4 is 9.80 Å². The molecule has 0 aliphatic heterocycles. The predicted molar refractivity (Wildman–Crippen MR) is 231 cm³/mol. The van der Waals surface area contributed by atoms with Crippen LogP contribution in [0.2, 0.25) is 0 Å². The molecule has 264 valence electrons. The van der Waals surface area contributed by atoms with Gasteiger partial charge in [-0.2, -0.15) is 10.2 Å². The van der Waals surface area contributed by atoms with E-state index in [4.69, 9.17) is 0 Å². The third kappa shape index (κ3) is 8.81. The van der Waals surface area contributed by atoms with Gasteiger partial charge in [0.25, 0.3) is 0 Å². The molecule has 4 heteroatoms. The van der Waals surface area contributed by atoms with Gasteiger partial charge in [-0.25, -0.2) is 0 Å². The summed E-state index contributed by atoms with van der Waals surface area (Å²) in [5.41, 5.74) is 11.8. The van der Waals surface area contributed by atoms with Crippen LogP contribution in [0.25, 0.3) is 0 Å². The summed E-state index contributed by atoms with van der Waals surface area (Å²) in [6.45, 7) is 0. The first-order chi connectivity index (χ1) is 27.7. The first-order valence-electron chi connectivity index (χ1n) is 18.4. The van der Waals surface area contributed by atoms with Crippen LogP contribution in [0.5, 0.6) is 0 Å². The summed E-state index contributed by atoms with van der Waals surface area (Å²) in [7, 11) is 0. The van der Waals surface area contributed by atoms with Gasteiger partial charge < -0.3 is 9.80 Å². The second-order valence-electron chi connectivity index (χ2n) is 12.9. The minimum Gasteiger partial charge on any atom is -0.311 e. The summed E-state index contributed by atoms with van der Waals surface area (Å²) in [4.78, 5) is 4.47. The maximum atomic E-state index is 4.43. The van der Waals surface area contributed by atoms with Crippen LogP contribution in [-0.4, -0.2) is 0 Å². The van der Waals surface area contributed by atoms with Crippen LogP contribution in [-0.2, 0) is 0 Å². The largest absolute Gasteiger partial charge is 0.311 e. The molecule has 0 bridgehead atoms. The fraction of sp³-hybridized carbons (Fsp3) is 0. The van der Waals surface area contributed by atoms with Gasteiger partial charge in [0.2, 0.25) is 0 Å². The molecular formula is C52H36N4. The zero-order chi connectivity index (χ0) is 37.8. The summed E-state index contributed by atoms with van der Waals surface area (Å²) < 4.78 is 0. The highest BCUT2D eigenvalue weighted by atomic mass is 15.1. The molecule has 0 amide bonds. The Labute approximate surface area is 328 Å². The topological polar surface area (TPSA) is 31.2 Å². The Hall–Kier alpha value is -7.92. The lowest BCUT2D eigenvalue weighted by Crippen LogP contribution is -2.09. The van der Waals surface area contributed by atoms with E-state index < -0.39 is 0 Å². The Morgan fingerprint density at radius 3 is 0.696 bits per heavy atom. The van der Waals surface area contributed by atoms with Crippen molar-refractivity contribution in [3.63, 3.8) is 0 Å². The molecule has 0 aliphatic rings. The van der Waals surface area contributed by atoms with E-state index in [0.717, 1.165) is 67.8 Å². The van der Waals surface area contributed by atoms with Gasteiger partial charge in [-0.15, -0.1) is 0 Å². The van der Waals surface area contributed by atoms with E-state index in [1.165, 1.54) is 0 Å². The summed E-state index contributed by atoms with van der Waals surface area (Å²) in [6.07, 6.45) is 0. The molecule has 4 nitrogen and oxygen atoms in total. The van der Waals surface area contributed by atoms with Gasteiger partial charge in [0.05, 0.1) is 11.4 Å². The molecule has 56 heavy (non-hydrogen) atoms. The van der Waals surface area contributed by atoms with E-state index in [2.05, 4.69) is 189 Å². The highest BCUT2D eigenvalue weighted by Gasteiger charge is 2.12. The SMILES string of the molecule is C(#Cc1ccc(N(c2ccccc2)c2ccccc2)cc1)c1ccc(N=Nc2ccc(C#Cc3ccc(N(c4ccccc4)c4ccccc4)cc3)cc2)cc1. The van der Waals surface area contributed by atoms with E-state index >= 15 is 0 Å². The number of hydrogen-bond acceptors (Lipinski definition) is 4. The molecule has 0 radical (unpaired) electrons. The lowest BCUT2D eigenvalue weighted by atomic mass is 10.1. The molecule has 0 N–H and O–H groups in total. The second-order valence-corrected chi connectivity index (χ2v) is 12.9. The highest BCUT2D eigenvalue weighted by Crippen LogP contribution is 2.35. The van der Waals surface area contributed by atoms with Crippen molar-refractivity contribution in [3.8, 4) is 23.7 Å². The van der Waals surface area contributed by atoms with Gasteiger partial charge in [-0.05, 0) is 146 Å². The average molecular weight is 717 g/mol. The normalized spacial score (nSPS) is 10.5. The van der Waals surface area contributed by atoms with Crippen LogP contribution in [0, 0.1) is 23.7 Å². The number of azo groups is 1. The zero-order valence-electron chi connectivity index (χ0n) is 30.6. The first-order valence-corrected chi connectivity index (χ1v) is 18.4. The lowest BCUT2D eigenvalue weighted by Gasteiger charge is -2.25. The third-order valence-electron chi connectivity index (χ3n) is 9.03. The smallest absolute Gasteiger partial charge is 0.0857 e. The minimum atomic E-state index is 0.757. The molecule has 8 rings (SSSR count). The van der Waals surface area contributed by atoms with Gasteiger partial charge in [0, 0.05) is 56.4 Å². The number of nitrogens with zero attached hydrogens (tertiary/aromatic N) is 4. The number of hydrogen-bond donors (Lipinski definition) is 0. The lowest BCUT2D eigenvalue weighted by molar-refractivity contribution is 1.23. The Morgan fingerprint density at radius 1 is 0.232 bits per heavy atom. The molecule has 0 spiro atoms. The second kappa shape index (κ2) is 17.3. The highest BCUT2D eigenvalue weighted by molar-refractivity contribution is 5.78. The summed E-state index contributed by atoms with van der Waals surface area (Å²) >= 11 is 0. The van der Waals surface area contributed by atoms with Crippen LogP contribution in [0.4, 0.5) is 45.5 Å². The van der Waals surface area contributed by atoms with Gasteiger partial charge >= 0.3 is 0 Å². The monoisotopic (exact) mass is 716 g/mol. The van der Waals surface area contributed by atoms with Crippen molar-refractivity contribution >= 4 is 45.5 Å². The van der Waals surface area contributed by atoms with Crippen LogP contribution in [0.1, 0.15) is 22.3 Å². The van der Waals surface area contributed by atoms with E-state index in [9.17, 15) is 0 Å². The standard InChI is InChI=1S/C52H36N4/c1-5-13-47(14-6-1)55(48-15-7-2-8-16-48)51-37-29-43(30-38-51)23-21-41-25-33-45(34-26-41)53-54-46-35-27-42(28-36-46)22-24-44-31-39-52(40-32-44)56(49-17-9-3-10-18-49)50-19-11-4-12-20-50/h1-20,25-40H. The van der Waals surface area contributed by atoms with Crippen molar-refractivity contribution in [2.45, 2.75) is 0 Å². The minimum absolute atomic E-state index is 0.757. The number of anilines is 6.